The lowest BCUT2D eigenvalue weighted by Gasteiger charge is -2.09. The molecule has 24 heavy (non-hydrogen) atoms. The Bertz CT molecular complexity index is 959. The number of ether oxygens (including phenoxy) is 1. The molecule has 0 amide bonds. The zero-order valence-corrected chi connectivity index (χ0v) is 13.4. The van der Waals surface area contributed by atoms with Crippen molar-refractivity contribution >= 4 is 39.9 Å². The molecule has 1 aromatic carbocycles. The van der Waals surface area contributed by atoms with Crippen molar-refractivity contribution in [2.75, 3.05) is 11.9 Å². The van der Waals surface area contributed by atoms with Gasteiger partial charge in [0.2, 0.25) is 5.76 Å². The third kappa shape index (κ3) is 2.90. The lowest BCUT2D eigenvalue weighted by molar-refractivity contribution is 0.0494. The molecule has 0 fully saturated rings. The number of pyridine rings is 1. The standard InChI is InChI=1S/C17H12ClN3O3/c1-2-23-17(22)16-15(12-5-6-20-9-14(12)24-16)21-13-4-3-11(18)7-10(13)8-19/h3-7,9,21H,2H2,1H3. The van der Waals surface area contributed by atoms with Crippen molar-refractivity contribution in [1.29, 1.82) is 5.26 Å². The number of fused-ring (bicyclic) bond motifs is 1. The number of aromatic nitrogens is 1. The minimum atomic E-state index is -0.594. The summed E-state index contributed by atoms with van der Waals surface area (Å²) in [5.41, 5.74) is 1.72. The fourth-order valence-corrected chi connectivity index (χ4v) is 2.44. The van der Waals surface area contributed by atoms with Gasteiger partial charge in [0.1, 0.15) is 11.8 Å². The zero-order chi connectivity index (χ0) is 17.1. The molecular formula is C17H12ClN3O3. The van der Waals surface area contributed by atoms with Gasteiger partial charge in [-0.3, -0.25) is 4.98 Å². The Morgan fingerprint density at radius 1 is 1.46 bits per heavy atom. The molecule has 0 saturated heterocycles. The number of furan rings is 1. The van der Waals surface area contributed by atoms with E-state index in [1.807, 2.05) is 0 Å². The van der Waals surface area contributed by atoms with Gasteiger partial charge in [0.05, 0.1) is 24.1 Å². The first-order chi connectivity index (χ1) is 11.6. The summed E-state index contributed by atoms with van der Waals surface area (Å²) in [5, 5.41) is 13.5. The molecule has 2 heterocycles. The van der Waals surface area contributed by atoms with Gasteiger partial charge in [-0.05, 0) is 31.2 Å². The number of anilines is 2. The first-order valence-electron chi connectivity index (χ1n) is 7.14. The van der Waals surface area contributed by atoms with Gasteiger partial charge in [-0.1, -0.05) is 11.6 Å². The first kappa shape index (κ1) is 15.8. The molecule has 0 aliphatic heterocycles. The highest BCUT2D eigenvalue weighted by atomic mass is 35.5. The highest BCUT2D eigenvalue weighted by Gasteiger charge is 2.22. The van der Waals surface area contributed by atoms with Crippen molar-refractivity contribution in [1.82, 2.24) is 4.98 Å². The average molecular weight is 342 g/mol. The van der Waals surface area contributed by atoms with Crippen LogP contribution >= 0.6 is 11.6 Å². The monoisotopic (exact) mass is 341 g/mol. The van der Waals surface area contributed by atoms with E-state index in [1.54, 1.807) is 31.3 Å². The molecule has 0 spiro atoms. The maximum Gasteiger partial charge on any atom is 0.376 e. The number of carbonyl (C=O) groups excluding carboxylic acids is 1. The molecule has 120 valence electrons. The minimum absolute atomic E-state index is 0.0266. The summed E-state index contributed by atoms with van der Waals surface area (Å²) in [4.78, 5) is 16.2. The minimum Gasteiger partial charge on any atom is -0.460 e. The topological polar surface area (TPSA) is 88.2 Å². The molecule has 0 saturated carbocycles. The Labute approximate surface area is 142 Å². The summed E-state index contributed by atoms with van der Waals surface area (Å²) in [5.74, 6) is -0.567. The van der Waals surface area contributed by atoms with Crippen molar-refractivity contribution < 1.29 is 13.9 Å². The summed E-state index contributed by atoms with van der Waals surface area (Å²) >= 11 is 5.92. The molecule has 0 radical (unpaired) electrons. The van der Waals surface area contributed by atoms with Crippen molar-refractivity contribution in [2.45, 2.75) is 6.92 Å². The number of carbonyl (C=O) groups is 1. The van der Waals surface area contributed by atoms with Crippen LogP contribution in [0.3, 0.4) is 0 Å². The summed E-state index contributed by atoms with van der Waals surface area (Å²) in [6, 6.07) is 8.63. The van der Waals surface area contributed by atoms with Crippen LogP contribution in [0.1, 0.15) is 23.0 Å². The molecule has 0 aliphatic carbocycles. The second-order valence-corrected chi connectivity index (χ2v) is 5.26. The Kier molecular flexibility index (Phi) is 4.36. The number of nitrogens with one attached hydrogen (secondary N) is 1. The van der Waals surface area contributed by atoms with Crippen LogP contribution in [-0.4, -0.2) is 17.6 Å². The van der Waals surface area contributed by atoms with Crippen molar-refractivity contribution in [3.8, 4) is 6.07 Å². The Morgan fingerprint density at radius 3 is 3.04 bits per heavy atom. The molecule has 0 atom stereocenters. The van der Waals surface area contributed by atoms with Gasteiger partial charge in [0.15, 0.2) is 5.58 Å². The van der Waals surface area contributed by atoms with E-state index >= 15 is 0 Å². The second-order valence-electron chi connectivity index (χ2n) is 4.83. The van der Waals surface area contributed by atoms with Crippen LogP contribution in [0.5, 0.6) is 0 Å². The molecular weight excluding hydrogens is 330 g/mol. The van der Waals surface area contributed by atoms with E-state index < -0.39 is 5.97 Å². The summed E-state index contributed by atoms with van der Waals surface area (Å²) < 4.78 is 10.6. The zero-order valence-electron chi connectivity index (χ0n) is 12.7. The van der Waals surface area contributed by atoms with E-state index in [9.17, 15) is 10.1 Å². The van der Waals surface area contributed by atoms with Crippen LogP contribution in [-0.2, 0) is 4.74 Å². The van der Waals surface area contributed by atoms with E-state index in [4.69, 9.17) is 20.8 Å². The quantitative estimate of drug-likeness (QED) is 0.713. The number of hydrogen-bond acceptors (Lipinski definition) is 6. The molecule has 0 aliphatic rings. The van der Waals surface area contributed by atoms with E-state index in [2.05, 4.69) is 16.4 Å². The van der Waals surface area contributed by atoms with Crippen molar-refractivity contribution in [2.24, 2.45) is 0 Å². The highest BCUT2D eigenvalue weighted by molar-refractivity contribution is 6.30. The van der Waals surface area contributed by atoms with Gasteiger partial charge in [-0.2, -0.15) is 5.26 Å². The Hall–Kier alpha value is -3.04. The van der Waals surface area contributed by atoms with Crippen LogP contribution in [0.15, 0.2) is 41.1 Å². The maximum absolute atomic E-state index is 12.2. The first-order valence-corrected chi connectivity index (χ1v) is 7.52. The van der Waals surface area contributed by atoms with E-state index in [1.165, 1.54) is 12.3 Å². The Balaban J connectivity index is 2.13. The number of hydrogen-bond donors (Lipinski definition) is 1. The third-order valence-electron chi connectivity index (χ3n) is 3.32. The molecule has 3 aromatic rings. The Morgan fingerprint density at radius 2 is 2.29 bits per heavy atom. The van der Waals surface area contributed by atoms with Crippen molar-refractivity contribution in [3.05, 3.63) is 53.0 Å². The average Bonchev–Trinajstić information content (AvgIpc) is 2.95. The van der Waals surface area contributed by atoms with Gasteiger partial charge in [-0.25, -0.2) is 4.79 Å². The molecule has 6 nitrogen and oxygen atoms in total. The lowest BCUT2D eigenvalue weighted by Crippen LogP contribution is -2.06. The predicted octanol–water partition coefficient (Wildman–Crippen LogP) is 4.27. The third-order valence-corrected chi connectivity index (χ3v) is 3.55. The molecule has 0 bridgehead atoms. The van der Waals surface area contributed by atoms with Crippen LogP contribution in [0, 0.1) is 11.3 Å². The van der Waals surface area contributed by atoms with E-state index in [0.29, 0.717) is 32.9 Å². The van der Waals surface area contributed by atoms with Gasteiger partial charge < -0.3 is 14.5 Å². The lowest BCUT2D eigenvalue weighted by atomic mass is 10.1. The second kappa shape index (κ2) is 6.60. The number of nitrogens with zero attached hydrogens (tertiary/aromatic N) is 2. The maximum atomic E-state index is 12.2. The van der Waals surface area contributed by atoms with Gasteiger partial charge in [0, 0.05) is 16.6 Å². The number of benzene rings is 1. The summed E-state index contributed by atoms with van der Waals surface area (Å²) in [7, 11) is 0. The number of halogens is 1. The largest absolute Gasteiger partial charge is 0.460 e. The van der Waals surface area contributed by atoms with Gasteiger partial charge in [-0.15, -0.1) is 0 Å². The van der Waals surface area contributed by atoms with Crippen LogP contribution in [0.4, 0.5) is 11.4 Å². The molecule has 7 heteroatoms. The fraction of sp³-hybridized carbons (Fsp3) is 0.118. The molecule has 1 N–H and O–H groups in total. The summed E-state index contributed by atoms with van der Waals surface area (Å²) in [6.45, 7) is 1.93. The van der Waals surface area contributed by atoms with Crippen LogP contribution < -0.4 is 5.32 Å². The highest BCUT2D eigenvalue weighted by Crippen LogP contribution is 2.34. The number of nitriles is 1. The van der Waals surface area contributed by atoms with E-state index in [0.717, 1.165) is 0 Å². The molecule has 3 rings (SSSR count). The van der Waals surface area contributed by atoms with Gasteiger partial charge >= 0.3 is 5.97 Å². The van der Waals surface area contributed by atoms with Crippen LogP contribution in [0.25, 0.3) is 11.0 Å². The smallest absolute Gasteiger partial charge is 0.376 e. The van der Waals surface area contributed by atoms with E-state index in [-0.39, 0.29) is 12.4 Å². The molecule has 2 aromatic heterocycles. The SMILES string of the molecule is CCOC(=O)c1oc2cnccc2c1Nc1ccc(Cl)cc1C#N. The normalized spacial score (nSPS) is 10.4. The number of rotatable bonds is 4. The fourth-order valence-electron chi connectivity index (χ4n) is 2.27. The molecule has 0 unspecified atom stereocenters. The predicted molar refractivity (Wildman–Crippen MR) is 89.4 cm³/mol. The van der Waals surface area contributed by atoms with Gasteiger partial charge in [0.25, 0.3) is 0 Å². The number of esters is 1. The van der Waals surface area contributed by atoms with Crippen LogP contribution in [0.2, 0.25) is 5.02 Å². The van der Waals surface area contributed by atoms with Crippen molar-refractivity contribution in [3.63, 3.8) is 0 Å². The summed E-state index contributed by atoms with van der Waals surface area (Å²) in [6.07, 6.45) is 3.10.